The molecule has 2 aromatic heterocycles. The van der Waals surface area contributed by atoms with Gasteiger partial charge in [-0.1, -0.05) is 24.8 Å². The van der Waals surface area contributed by atoms with Crippen molar-refractivity contribution in [3.05, 3.63) is 82.3 Å². The highest BCUT2D eigenvalue weighted by molar-refractivity contribution is 6.05. The average Bonchev–Trinajstić information content (AvgIpc) is 3.51. The highest BCUT2D eigenvalue weighted by Crippen LogP contribution is 2.36. The van der Waals surface area contributed by atoms with Crippen LogP contribution in [-0.2, 0) is 24.2 Å². The molecule has 10 nitrogen and oxygen atoms in total. The van der Waals surface area contributed by atoms with Crippen LogP contribution in [-0.4, -0.2) is 43.6 Å². The fourth-order valence-corrected chi connectivity index (χ4v) is 5.33. The number of ketones is 1. The number of H-pyrrole nitrogens is 1. The number of hydrogen-bond acceptors (Lipinski definition) is 8. The van der Waals surface area contributed by atoms with Gasteiger partial charge in [-0.05, 0) is 54.2 Å². The highest BCUT2D eigenvalue weighted by atomic mass is 16.5. The van der Waals surface area contributed by atoms with Crippen molar-refractivity contribution in [2.75, 3.05) is 11.9 Å². The molecule has 0 bridgehead atoms. The summed E-state index contributed by atoms with van der Waals surface area (Å²) < 4.78 is 5.47. The fourth-order valence-electron chi connectivity index (χ4n) is 5.33. The Hall–Kier alpha value is -4.73. The molecular weight excluding hydrogens is 484 g/mol. The normalized spacial score (nSPS) is 16.0. The van der Waals surface area contributed by atoms with Crippen molar-refractivity contribution in [1.29, 1.82) is 0 Å². The summed E-state index contributed by atoms with van der Waals surface area (Å²) >= 11 is 0. The molecule has 0 spiro atoms. The fraction of sp³-hybridized carbons (Fsp3) is 0.250. The first-order chi connectivity index (χ1) is 18.4. The van der Waals surface area contributed by atoms with Crippen LogP contribution in [0.3, 0.4) is 0 Å². The number of nitrogens with one attached hydrogen (secondary N) is 3. The summed E-state index contributed by atoms with van der Waals surface area (Å²) in [4.78, 5) is 33.6. The highest BCUT2D eigenvalue weighted by Gasteiger charge is 2.28. The largest absolute Gasteiger partial charge is 0.508 e. The van der Waals surface area contributed by atoms with Crippen molar-refractivity contribution in [2.24, 2.45) is 0 Å². The van der Waals surface area contributed by atoms with Crippen molar-refractivity contribution >= 4 is 34.3 Å². The van der Waals surface area contributed by atoms with Crippen LogP contribution in [0.15, 0.2) is 43.2 Å². The number of aromatic nitrogens is 4. The number of hydrogen-bond donors (Lipinski definition) is 4. The zero-order valence-electron chi connectivity index (χ0n) is 20.8. The number of aliphatic hydroxyl groups excluding tert-OH is 1. The summed E-state index contributed by atoms with van der Waals surface area (Å²) in [6, 6.07) is 9.36. The molecule has 38 heavy (non-hydrogen) atoms. The van der Waals surface area contributed by atoms with Crippen LogP contribution in [0, 0.1) is 6.92 Å². The topological polar surface area (TPSA) is 142 Å². The van der Waals surface area contributed by atoms with E-state index in [1.165, 1.54) is 6.33 Å². The van der Waals surface area contributed by atoms with Crippen molar-refractivity contribution in [3.63, 3.8) is 0 Å². The first-order valence-corrected chi connectivity index (χ1v) is 12.4. The summed E-state index contributed by atoms with van der Waals surface area (Å²) in [6.45, 7) is 6.17. The van der Waals surface area contributed by atoms with Gasteiger partial charge in [0.05, 0.1) is 6.04 Å². The Bertz CT molecular complexity index is 1630. The number of benzene rings is 2. The molecule has 6 rings (SSSR count). The van der Waals surface area contributed by atoms with E-state index in [-0.39, 0.29) is 35.8 Å². The lowest BCUT2D eigenvalue weighted by Gasteiger charge is -2.17. The molecule has 1 unspecified atom stereocenters. The number of fused-ring (bicyclic) bond motifs is 3. The maximum atomic E-state index is 13.3. The number of carbonyl (C=O) groups excluding carboxylic acids is 2. The molecule has 0 radical (unpaired) electrons. The van der Waals surface area contributed by atoms with E-state index in [4.69, 9.17) is 4.74 Å². The van der Waals surface area contributed by atoms with Crippen molar-refractivity contribution < 1.29 is 19.4 Å². The Morgan fingerprint density at radius 2 is 2.13 bits per heavy atom. The zero-order chi connectivity index (χ0) is 26.4. The lowest BCUT2D eigenvalue weighted by Crippen LogP contribution is -2.28. The van der Waals surface area contributed by atoms with Gasteiger partial charge in [-0.15, -0.1) is 0 Å². The third-order valence-electron chi connectivity index (χ3n) is 7.24. The van der Waals surface area contributed by atoms with E-state index in [0.717, 1.165) is 52.0 Å². The van der Waals surface area contributed by atoms with Crippen LogP contribution in [0.4, 0.5) is 5.82 Å². The molecule has 0 saturated carbocycles. The molecule has 0 fully saturated rings. The van der Waals surface area contributed by atoms with Gasteiger partial charge in [0.15, 0.2) is 17.3 Å². The summed E-state index contributed by atoms with van der Waals surface area (Å²) in [5.41, 5.74) is 6.88. The number of anilines is 1. The summed E-state index contributed by atoms with van der Waals surface area (Å²) in [6.07, 6.45) is 3.27. The number of nitrogens with zero attached hydrogens (tertiary/aromatic N) is 3. The minimum Gasteiger partial charge on any atom is -0.508 e. The standard InChI is InChI=1S/C28H26N6O4/c1-14-19(15(2)35)4-5-21-20(14)6-7-22(21)32-28(37)26-24-25(30-13-31-26)27(34-33-24)29-11-16-3-8-23-17(9-16)10-18(36)12-38-23/h3-5,8-9,13,22,35H,2,6-7,10-12H2,1H3,(H,32,37)(H2,29,33,34). The van der Waals surface area contributed by atoms with Crippen molar-refractivity contribution in [3.8, 4) is 5.75 Å². The minimum atomic E-state index is -0.321. The van der Waals surface area contributed by atoms with E-state index >= 15 is 0 Å². The average molecular weight is 511 g/mol. The number of Topliss-reactive ketones (excluding diaryl/α,β-unsaturated/α-hetero) is 1. The second kappa shape index (κ2) is 9.29. The van der Waals surface area contributed by atoms with Crippen LogP contribution < -0.4 is 15.4 Å². The monoisotopic (exact) mass is 510 g/mol. The quantitative estimate of drug-likeness (QED) is 0.288. The molecule has 192 valence electrons. The van der Waals surface area contributed by atoms with Gasteiger partial charge >= 0.3 is 0 Å². The Labute approximate surface area is 218 Å². The third-order valence-corrected chi connectivity index (χ3v) is 7.24. The first-order valence-electron chi connectivity index (χ1n) is 12.4. The molecule has 2 aromatic carbocycles. The van der Waals surface area contributed by atoms with Gasteiger partial charge in [-0.25, -0.2) is 9.97 Å². The second-order valence-electron chi connectivity index (χ2n) is 9.64. The molecule has 1 atom stereocenters. The third kappa shape index (κ3) is 4.13. The van der Waals surface area contributed by atoms with Gasteiger partial charge < -0.3 is 20.5 Å². The van der Waals surface area contributed by atoms with Gasteiger partial charge in [-0.3, -0.25) is 14.7 Å². The Kier molecular flexibility index (Phi) is 5.79. The lowest BCUT2D eigenvalue weighted by molar-refractivity contribution is -0.121. The molecule has 10 heteroatoms. The van der Waals surface area contributed by atoms with E-state index in [1.807, 2.05) is 37.3 Å². The number of aliphatic hydroxyl groups is 1. The Balaban J connectivity index is 1.19. The van der Waals surface area contributed by atoms with Crippen LogP contribution >= 0.6 is 0 Å². The SMILES string of the molecule is C=C(O)c1ccc2c(c1C)CCC2NC(=O)c1ncnc2c(NCc3ccc4c(c3)CC(=O)CO4)n[nH]c12. The number of ether oxygens (including phenoxy) is 1. The lowest BCUT2D eigenvalue weighted by atomic mass is 9.97. The Morgan fingerprint density at radius 1 is 1.26 bits per heavy atom. The number of rotatable bonds is 6. The molecule has 3 heterocycles. The second-order valence-corrected chi connectivity index (χ2v) is 9.64. The summed E-state index contributed by atoms with van der Waals surface area (Å²) in [5.74, 6) is 1.01. The zero-order valence-corrected chi connectivity index (χ0v) is 20.8. The van der Waals surface area contributed by atoms with E-state index in [2.05, 4.69) is 37.4 Å². The molecule has 1 amide bonds. The minimum absolute atomic E-state index is 0.0422. The molecule has 1 aliphatic carbocycles. The molecular formula is C28H26N6O4. The smallest absolute Gasteiger partial charge is 0.272 e. The molecule has 0 saturated heterocycles. The maximum absolute atomic E-state index is 13.3. The summed E-state index contributed by atoms with van der Waals surface area (Å²) in [7, 11) is 0. The molecule has 4 N–H and O–H groups in total. The van der Waals surface area contributed by atoms with Gasteiger partial charge in [0.2, 0.25) is 0 Å². The van der Waals surface area contributed by atoms with Crippen molar-refractivity contribution in [2.45, 2.75) is 38.8 Å². The predicted octanol–water partition coefficient (Wildman–Crippen LogP) is 3.72. The van der Waals surface area contributed by atoms with E-state index in [0.29, 0.717) is 29.8 Å². The summed E-state index contributed by atoms with van der Waals surface area (Å²) in [5, 5.41) is 23.4. The molecule has 2 aliphatic rings. The van der Waals surface area contributed by atoms with E-state index in [9.17, 15) is 14.7 Å². The molecule has 1 aliphatic heterocycles. The van der Waals surface area contributed by atoms with E-state index < -0.39 is 0 Å². The number of aromatic amines is 1. The van der Waals surface area contributed by atoms with E-state index in [1.54, 1.807) is 0 Å². The van der Waals surface area contributed by atoms with Crippen LogP contribution in [0.25, 0.3) is 16.8 Å². The van der Waals surface area contributed by atoms with Gasteiger partial charge in [0, 0.05) is 24.1 Å². The Morgan fingerprint density at radius 3 is 2.97 bits per heavy atom. The first kappa shape index (κ1) is 23.7. The van der Waals surface area contributed by atoms with Crippen LogP contribution in [0.5, 0.6) is 5.75 Å². The number of carbonyl (C=O) groups is 2. The van der Waals surface area contributed by atoms with Crippen LogP contribution in [0.2, 0.25) is 0 Å². The number of amides is 1. The van der Waals surface area contributed by atoms with Crippen molar-refractivity contribution in [1.82, 2.24) is 25.5 Å². The van der Waals surface area contributed by atoms with Gasteiger partial charge in [-0.2, -0.15) is 5.10 Å². The molecule has 4 aromatic rings. The van der Waals surface area contributed by atoms with Gasteiger partial charge in [0.25, 0.3) is 5.91 Å². The predicted molar refractivity (Wildman–Crippen MR) is 141 cm³/mol. The maximum Gasteiger partial charge on any atom is 0.272 e. The van der Waals surface area contributed by atoms with Gasteiger partial charge in [0.1, 0.15) is 35.5 Å². The van der Waals surface area contributed by atoms with Crippen LogP contribution in [0.1, 0.15) is 56.3 Å².